The first kappa shape index (κ1) is 74.6. The van der Waals surface area contributed by atoms with Crippen molar-refractivity contribution in [3.8, 4) is 0 Å². The lowest BCUT2D eigenvalue weighted by atomic mass is 9.94. The summed E-state index contributed by atoms with van der Waals surface area (Å²) < 4.78 is 147. The van der Waals surface area contributed by atoms with E-state index in [4.69, 9.17) is 118 Å². The van der Waals surface area contributed by atoms with Gasteiger partial charge in [-0.25, -0.2) is 9.59 Å². The SMILES string of the molecule is COC(=O)C1O[C@@H](O[C@H]2C(OC(C)=O)C(OC(C)=O)[C@@H](O[C@H]3C(OC)C(OC)[C@@H](O[C@@H]4C(COC(C)=O)O[C@H](OC)C(OC(C)=O)[C@H]4OC(C)=O)O[C@H]3C(=O)OC)O[C@H]2COC(C)=O)C(OC)[C@@H](OC)[C@@H]1O[C@@H]1OC(COC(C)=O)[C@@H](OC)[C@H](OC)C1N=[N+]=[N-]. The van der Waals surface area contributed by atoms with Gasteiger partial charge in [-0.3, -0.25) is 33.6 Å². The molecule has 0 bridgehead atoms. The van der Waals surface area contributed by atoms with Gasteiger partial charge in [-0.05, 0) is 5.53 Å². The predicted octanol–water partition coefficient (Wildman–Crippen LogP) is -1.67. The van der Waals surface area contributed by atoms with Crippen LogP contribution < -0.4 is 0 Å². The molecule has 5 rings (SSSR count). The Bertz CT molecular complexity index is 2490. The zero-order valence-corrected chi connectivity index (χ0v) is 52.3. The van der Waals surface area contributed by atoms with Crippen molar-refractivity contribution in [2.45, 2.75) is 202 Å². The topological polar surface area (TPSA) is 433 Å². The van der Waals surface area contributed by atoms with Crippen molar-refractivity contribution in [3.63, 3.8) is 0 Å². The van der Waals surface area contributed by atoms with Crippen molar-refractivity contribution in [2.24, 2.45) is 5.11 Å². The van der Waals surface area contributed by atoms with E-state index in [0.29, 0.717) is 0 Å². The highest BCUT2D eigenvalue weighted by Gasteiger charge is 2.62. The van der Waals surface area contributed by atoms with E-state index in [1.807, 2.05) is 0 Å². The van der Waals surface area contributed by atoms with Crippen molar-refractivity contribution in [1.29, 1.82) is 0 Å². The van der Waals surface area contributed by atoms with Crippen LogP contribution in [0.5, 0.6) is 0 Å². The van der Waals surface area contributed by atoms with E-state index in [1.54, 1.807) is 0 Å². The number of rotatable bonds is 28. The molecule has 0 aliphatic carbocycles. The van der Waals surface area contributed by atoms with Gasteiger partial charge in [0.25, 0.3) is 0 Å². The maximum Gasteiger partial charge on any atom is 0.337 e. The lowest BCUT2D eigenvalue weighted by molar-refractivity contribution is -0.390. The largest absolute Gasteiger partial charge is 0.467 e. The Hall–Kier alpha value is -6.10. The van der Waals surface area contributed by atoms with Crippen LogP contribution in [0.2, 0.25) is 0 Å². The van der Waals surface area contributed by atoms with Gasteiger partial charge in [-0.2, -0.15) is 0 Å². The minimum absolute atomic E-state index is 0.406. The summed E-state index contributed by atoms with van der Waals surface area (Å²) in [5.74, 6) is -8.50. The number of hydrogen-bond acceptors (Lipinski definition) is 35. The third-order valence-corrected chi connectivity index (χ3v) is 14.4. The molecule has 0 amide bonds. The summed E-state index contributed by atoms with van der Waals surface area (Å²) in [5.41, 5.74) is 9.72. The molecule has 510 valence electrons. The Morgan fingerprint density at radius 1 is 0.333 bits per heavy atom. The molecular weight excluding hydrogens is 1220 g/mol. The van der Waals surface area contributed by atoms with Gasteiger partial charge in [0.1, 0.15) is 99.1 Å². The standard InChI is InChI=1S/C53H79N3O34/c1-20(57)75-17-27-31(66-8)34(67-9)30(55-56-54)49(82-27)87-39-35(68-10)43(70-12)51(89-41(39)47(64)72-14)86-33-29(19-77-22(3)59)84-53(46(81-26(7)63)38(33)79-24(5)61)88-40-36(69-11)44(71-13)52(90-42(40)48(65)73-15)85-32-28(18-76-21(2)58)83-50(74-16)45(80-25(6)62)37(32)78-23(4)60/h27-46,49-53H,17-19H2,1-16H3/t27?,28?,29-,30?,31+,32+,33+,34+,35-,36?,37-,38?,39-,40-,41?,42+,43?,44?,45?,46?,49-,50-,51+,52-,53+/m0/s1. The number of ether oxygens (including phenoxy) is 25. The van der Waals surface area contributed by atoms with Gasteiger partial charge in [-0.1, -0.05) is 5.11 Å². The van der Waals surface area contributed by atoms with Crippen LogP contribution in [0.4, 0.5) is 0 Å². The first-order valence-electron chi connectivity index (χ1n) is 27.7. The van der Waals surface area contributed by atoms with E-state index < -0.39 is 227 Å². The maximum absolute atomic E-state index is 14.1. The summed E-state index contributed by atoms with van der Waals surface area (Å²) in [6, 6.07) is -1.38. The first-order valence-corrected chi connectivity index (χ1v) is 27.7. The second kappa shape index (κ2) is 35.1. The lowest BCUT2D eigenvalue weighted by Gasteiger charge is -2.51. The molecule has 25 atom stereocenters. The third-order valence-electron chi connectivity index (χ3n) is 14.4. The Morgan fingerprint density at radius 2 is 0.644 bits per heavy atom. The van der Waals surface area contributed by atoms with Crippen LogP contribution in [0.25, 0.3) is 10.4 Å². The van der Waals surface area contributed by atoms with Gasteiger partial charge in [0.2, 0.25) is 0 Å². The van der Waals surface area contributed by atoms with Crippen LogP contribution >= 0.6 is 0 Å². The van der Waals surface area contributed by atoms with Crippen molar-refractivity contribution < 1.29 is 162 Å². The highest BCUT2D eigenvalue weighted by molar-refractivity contribution is 5.76. The van der Waals surface area contributed by atoms with Crippen LogP contribution in [0, 0.1) is 0 Å². The Morgan fingerprint density at radius 3 is 0.978 bits per heavy atom. The average Bonchev–Trinajstić information content (AvgIpc) is 1.38. The maximum atomic E-state index is 14.1. The zero-order valence-electron chi connectivity index (χ0n) is 52.3. The van der Waals surface area contributed by atoms with Crippen molar-refractivity contribution in [3.05, 3.63) is 10.4 Å². The van der Waals surface area contributed by atoms with E-state index in [9.17, 15) is 48.7 Å². The van der Waals surface area contributed by atoms with E-state index in [-0.39, 0.29) is 0 Å². The van der Waals surface area contributed by atoms with Gasteiger partial charge in [0.15, 0.2) is 68.1 Å². The third kappa shape index (κ3) is 18.6. The van der Waals surface area contributed by atoms with Crippen LogP contribution in [0.1, 0.15) is 48.5 Å². The molecule has 0 radical (unpaired) electrons. The summed E-state index contributed by atoms with van der Waals surface area (Å²) in [6.07, 6.45) is -39.1. The van der Waals surface area contributed by atoms with Crippen molar-refractivity contribution in [1.82, 2.24) is 0 Å². The molecule has 37 heteroatoms. The minimum Gasteiger partial charge on any atom is -0.467 e. The number of azide groups is 1. The molecule has 5 fully saturated rings. The molecule has 0 aromatic rings. The molecule has 0 aromatic heterocycles. The molecule has 90 heavy (non-hydrogen) atoms. The second-order valence-corrected chi connectivity index (χ2v) is 20.3. The average molecular weight is 1300 g/mol. The van der Waals surface area contributed by atoms with Gasteiger partial charge >= 0.3 is 53.7 Å². The first-order chi connectivity index (χ1) is 42.8. The molecule has 10 unspecified atom stereocenters. The minimum atomic E-state index is -2.04. The van der Waals surface area contributed by atoms with E-state index in [0.717, 1.165) is 69.8 Å². The molecule has 5 aliphatic rings. The second-order valence-electron chi connectivity index (χ2n) is 20.3. The number of esters is 9. The Balaban J connectivity index is 1.59. The fraction of sp³-hybridized carbons (Fsp3) is 0.830. The highest BCUT2D eigenvalue weighted by Crippen LogP contribution is 2.41. The molecule has 5 aliphatic heterocycles. The zero-order chi connectivity index (χ0) is 66.8. The fourth-order valence-electron chi connectivity index (χ4n) is 10.8. The summed E-state index contributed by atoms with van der Waals surface area (Å²) >= 11 is 0. The van der Waals surface area contributed by atoms with Gasteiger partial charge in [0.05, 0.1) is 20.3 Å². The van der Waals surface area contributed by atoms with Crippen LogP contribution in [-0.4, -0.2) is 291 Å². The van der Waals surface area contributed by atoms with Gasteiger partial charge in [0, 0.05) is 103 Å². The van der Waals surface area contributed by atoms with Crippen LogP contribution in [0.3, 0.4) is 0 Å². The van der Waals surface area contributed by atoms with Gasteiger partial charge < -0.3 is 118 Å². The molecule has 0 aromatic carbocycles. The van der Waals surface area contributed by atoms with E-state index in [2.05, 4.69) is 10.0 Å². The highest BCUT2D eigenvalue weighted by atomic mass is 16.8. The molecule has 37 nitrogen and oxygen atoms in total. The number of hydrogen-bond donors (Lipinski definition) is 0. The smallest absolute Gasteiger partial charge is 0.337 e. The summed E-state index contributed by atoms with van der Waals surface area (Å²) in [4.78, 5) is 120. The molecule has 0 saturated carbocycles. The number of carbonyl (C=O) groups excluding carboxylic acids is 9. The fourth-order valence-corrected chi connectivity index (χ4v) is 10.8. The quantitative estimate of drug-likeness (QED) is 0.0278. The van der Waals surface area contributed by atoms with Crippen molar-refractivity contribution >= 4 is 53.7 Å². The summed E-state index contributed by atoms with van der Waals surface area (Å²) in [5, 5.41) is 3.85. The van der Waals surface area contributed by atoms with Crippen LogP contribution in [0.15, 0.2) is 5.11 Å². The normalized spacial score (nSPS) is 36.7. The number of carbonyl (C=O) groups is 9. The number of methoxy groups -OCH3 is 9. The molecule has 0 N–H and O–H groups in total. The molecule has 5 heterocycles. The molecular formula is C53H79N3O34. The Kier molecular flexibility index (Phi) is 29.1. The number of nitrogens with zero attached hydrogens (tertiary/aromatic N) is 3. The lowest BCUT2D eigenvalue weighted by Crippen LogP contribution is -2.70. The van der Waals surface area contributed by atoms with Crippen molar-refractivity contribution in [2.75, 3.05) is 83.8 Å². The summed E-state index contributed by atoms with van der Waals surface area (Å²) in [6.45, 7) is 5.60. The molecule has 0 spiro atoms. The Labute approximate surface area is 515 Å². The summed E-state index contributed by atoms with van der Waals surface area (Å²) in [7, 11) is 10.5. The van der Waals surface area contributed by atoms with Gasteiger partial charge in [-0.15, -0.1) is 0 Å². The van der Waals surface area contributed by atoms with E-state index >= 15 is 0 Å². The van der Waals surface area contributed by atoms with Crippen LogP contribution in [-0.2, 0) is 162 Å². The monoisotopic (exact) mass is 1300 g/mol. The molecule has 5 saturated heterocycles. The predicted molar refractivity (Wildman–Crippen MR) is 284 cm³/mol. The van der Waals surface area contributed by atoms with E-state index in [1.165, 1.54) is 42.7 Å².